The van der Waals surface area contributed by atoms with Gasteiger partial charge in [-0.1, -0.05) is 0 Å². The Morgan fingerprint density at radius 1 is 1.33 bits per heavy atom. The van der Waals surface area contributed by atoms with Crippen LogP contribution in [0.3, 0.4) is 0 Å². The molecular formula is C14H19N5O2. The molecule has 4 rings (SSSR count). The first-order valence-corrected chi connectivity index (χ1v) is 7.70. The predicted molar refractivity (Wildman–Crippen MR) is 73.0 cm³/mol. The van der Waals surface area contributed by atoms with E-state index in [9.17, 15) is 9.59 Å². The summed E-state index contributed by atoms with van der Waals surface area (Å²) in [6, 6.07) is 0.398. The number of likely N-dealkylation sites (tertiary alicyclic amines) is 1. The normalized spacial score (nSPS) is 24.5. The molecule has 7 nitrogen and oxygen atoms in total. The fourth-order valence-electron chi connectivity index (χ4n) is 3.30. The summed E-state index contributed by atoms with van der Waals surface area (Å²) in [5, 5.41) is 11.2. The lowest BCUT2D eigenvalue weighted by atomic mass is 10.1. The quantitative estimate of drug-likeness (QED) is 0.836. The Morgan fingerprint density at radius 2 is 2.19 bits per heavy atom. The molecule has 1 unspecified atom stereocenters. The van der Waals surface area contributed by atoms with Gasteiger partial charge in [-0.25, -0.2) is 0 Å². The number of aryl methyl sites for hydroxylation is 1. The van der Waals surface area contributed by atoms with E-state index in [2.05, 4.69) is 20.1 Å². The van der Waals surface area contributed by atoms with Crippen molar-refractivity contribution in [3.05, 3.63) is 11.6 Å². The Hall–Kier alpha value is -1.92. The van der Waals surface area contributed by atoms with Crippen molar-refractivity contribution >= 4 is 11.8 Å². The maximum Gasteiger partial charge on any atom is 0.225 e. The summed E-state index contributed by atoms with van der Waals surface area (Å²) in [5.74, 6) is 1.70. The Bertz CT molecular complexity index is 592. The minimum absolute atomic E-state index is 0.0400. The van der Waals surface area contributed by atoms with Crippen molar-refractivity contribution in [2.24, 2.45) is 5.92 Å². The highest BCUT2D eigenvalue weighted by molar-refractivity contribution is 5.89. The second kappa shape index (κ2) is 4.82. The molecule has 0 bridgehead atoms. The van der Waals surface area contributed by atoms with Crippen LogP contribution in [0.2, 0.25) is 0 Å². The summed E-state index contributed by atoms with van der Waals surface area (Å²) >= 11 is 0. The molecule has 1 saturated carbocycles. The molecule has 1 aromatic heterocycles. The zero-order valence-corrected chi connectivity index (χ0v) is 11.9. The van der Waals surface area contributed by atoms with E-state index in [1.165, 1.54) is 0 Å². The minimum Gasteiger partial charge on any atom is -0.348 e. The molecule has 1 atom stereocenters. The third kappa shape index (κ3) is 2.30. The Kier molecular flexibility index (Phi) is 2.94. The second-order valence-electron chi connectivity index (χ2n) is 6.18. The molecule has 1 aromatic rings. The Labute approximate surface area is 122 Å². The van der Waals surface area contributed by atoms with Gasteiger partial charge in [0.25, 0.3) is 0 Å². The van der Waals surface area contributed by atoms with Gasteiger partial charge in [0.05, 0.1) is 12.5 Å². The summed E-state index contributed by atoms with van der Waals surface area (Å²) in [6.07, 6.45) is 4.59. The Balaban J connectivity index is 1.34. The number of nitrogens with zero attached hydrogens (tertiary/aromatic N) is 4. The summed E-state index contributed by atoms with van der Waals surface area (Å²) in [6.45, 7) is 1.91. The smallest absolute Gasteiger partial charge is 0.225 e. The topological polar surface area (TPSA) is 80.1 Å². The van der Waals surface area contributed by atoms with Crippen LogP contribution in [0.15, 0.2) is 0 Å². The number of carbonyl (C=O) groups excluding carboxylic acids is 2. The molecule has 3 aliphatic rings. The predicted octanol–water partition coefficient (Wildman–Crippen LogP) is -0.149. The fraction of sp³-hybridized carbons (Fsp3) is 0.714. The van der Waals surface area contributed by atoms with Crippen molar-refractivity contribution < 1.29 is 9.59 Å². The average molecular weight is 289 g/mol. The van der Waals surface area contributed by atoms with Gasteiger partial charge in [-0.3, -0.25) is 9.59 Å². The van der Waals surface area contributed by atoms with Crippen molar-refractivity contribution in [1.82, 2.24) is 25.0 Å². The van der Waals surface area contributed by atoms with E-state index < -0.39 is 0 Å². The first-order valence-electron chi connectivity index (χ1n) is 7.70. The van der Waals surface area contributed by atoms with E-state index in [0.717, 1.165) is 43.9 Å². The first-order chi connectivity index (χ1) is 10.2. The zero-order chi connectivity index (χ0) is 14.4. The van der Waals surface area contributed by atoms with E-state index in [1.54, 1.807) is 0 Å². The molecule has 0 aromatic carbocycles. The molecule has 2 fully saturated rings. The van der Waals surface area contributed by atoms with Crippen LogP contribution in [0.5, 0.6) is 0 Å². The molecule has 3 heterocycles. The van der Waals surface area contributed by atoms with Crippen LogP contribution in [0.1, 0.15) is 37.3 Å². The molecule has 0 radical (unpaired) electrons. The molecule has 2 aliphatic heterocycles. The van der Waals surface area contributed by atoms with Gasteiger partial charge >= 0.3 is 0 Å². The van der Waals surface area contributed by atoms with Crippen LogP contribution in [-0.4, -0.2) is 44.1 Å². The highest BCUT2D eigenvalue weighted by Gasteiger charge is 2.41. The lowest BCUT2D eigenvalue weighted by molar-refractivity contribution is -0.129. The summed E-state index contributed by atoms with van der Waals surface area (Å²) in [4.78, 5) is 26.0. The molecule has 1 aliphatic carbocycles. The van der Waals surface area contributed by atoms with Gasteiger partial charge in [0.2, 0.25) is 11.8 Å². The van der Waals surface area contributed by atoms with Crippen LogP contribution >= 0.6 is 0 Å². The largest absolute Gasteiger partial charge is 0.348 e. The number of aromatic nitrogens is 3. The number of carbonyl (C=O) groups is 2. The van der Waals surface area contributed by atoms with Crippen LogP contribution in [-0.2, 0) is 29.1 Å². The second-order valence-corrected chi connectivity index (χ2v) is 6.18. The SMILES string of the molecule is O=C(NCc1nnc2n1CCC2)C1CC(=O)N(C2CC2)C1. The zero-order valence-electron chi connectivity index (χ0n) is 11.9. The monoisotopic (exact) mass is 289 g/mol. The lowest BCUT2D eigenvalue weighted by Crippen LogP contribution is -2.33. The lowest BCUT2D eigenvalue weighted by Gasteiger charge is -2.15. The number of nitrogens with one attached hydrogen (secondary N) is 1. The number of hydrogen-bond acceptors (Lipinski definition) is 4. The van der Waals surface area contributed by atoms with Gasteiger partial charge in [-0.2, -0.15) is 0 Å². The van der Waals surface area contributed by atoms with Gasteiger partial charge in [-0.05, 0) is 19.3 Å². The van der Waals surface area contributed by atoms with Crippen LogP contribution in [0.4, 0.5) is 0 Å². The molecular weight excluding hydrogens is 270 g/mol. The molecule has 7 heteroatoms. The van der Waals surface area contributed by atoms with Gasteiger partial charge in [0, 0.05) is 32.0 Å². The van der Waals surface area contributed by atoms with Gasteiger partial charge in [0.1, 0.15) is 5.82 Å². The molecule has 0 spiro atoms. The Morgan fingerprint density at radius 3 is 3.00 bits per heavy atom. The van der Waals surface area contributed by atoms with E-state index in [1.807, 2.05) is 4.90 Å². The van der Waals surface area contributed by atoms with Crippen molar-refractivity contribution in [2.45, 2.75) is 51.2 Å². The van der Waals surface area contributed by atoms with Gasteiger partial charge in [-0.15, -0.1) is 10.2 Å². The first kappa shape index (κ1) is 12.8. The standard InChI is InChI=1S/C14H19N5O2/c20-13-6-9(8-19(13)10-3-4-10)14(21)15-7-12-17-16-11-2-1-5-18(11)12/h9-10H,1-8H2,(H,15,21). The highest BCUT2D eigenvalue weighted by atomic mass is 16.2. The van der Waals surface area contributed by atoms with Crippen molar-refractivity contribution in [3.8, 4) is 0 Å². The van der Waals surface area contributed by atoms with Gasteiger partial charge < -0.3 is 14.8 Å². The average Bonchev–Trinajstić information content (AvgIpc) is 2.91. The van der Waals surface area contributed by atoms with E-state index in [4.69, 9.17) is 0 Å². The molecule has 2 amide bonds. The number of rotatable bonds is 4. The third-order valence-electron chi connectivity index (χ3n) is 4.62. The molecule has 1 N–H and O–H groups in total. The number of fused-ring (bicyclic) bond motifs is 1. The fourth-order valence-corrected chi connectivity index (χ4v) is 3.30. The van der Waals surface area contributed by atoms with E-state index in [-0.39, 0.29) is 17.7 Å². The maximum atomic E-state index is 12.2. The van der Waals surface area contributed by atoms with Crippen molar-refractivity contribution in [1.29, 1.82) is 0 Å². The summed E-state index contributed by atoms with van der Waals surface area (Å²) in [7, 11) is 0. The van der Waals surface area contributed by atoms with Crippen molar-refractivity contribution in [2.75, 3.05) is 6.54 Å². The maximum absolute atomic E-state index is 12.2. The molecule has 1 saturated heterocycles. The van der Waals surface area contributed by atoms with E-state index >= 15 is 0 Å². The van der Waals surface area contributed by atoms with Crippen LogP contribution in [0.25, 0.3) is 0 Å². The van der Waals surface area contributed by atoms with Crippen LogP contribution < -0.4 is 5.32 Å². The van der Waals surface area contributed by atoms with Gasteiger partial charge in [0.15, 0.2) is 5.82 Å². The summed E-state index contributed by atoms with van der Waals surface area (Å²) in [5.41, 5.74) is 0. The highest BCUT2D eigenvalue weighted by Crippen LogP contribution is 2.32. The third-order valence-corrected chi connectivity index (χ3v) is 4.62. The molecule has 112 valence electrons. The molecule has 21 heavy (non-hydrogen) atoms. The minimum atomic E-state index is -0.209. The number of hydrogen-bond donors (Lipinski definition) is 1. The summed E-state index contributed by atoms with van der Waals surface area (Å²) < 4.78 is 2.08. The van der Waals surface area contributed by atoms with Crippen LogP contribution in [0, 0.1) is 5.92 Å². The number of amides is 2. The van der Waals surface area contributed by atoms with Crippen molar-refractivity contribution in [3.63, 3.8) is 0 Å². The van der Waals surface area contributed by atoms with E-state index in [0.29, 0.717) is 25.6 Å².